The van der Waals surface area contributed by atoms with Crippen molar-refractivity contribution in [2.24, 2.45) is 0 Å². The number of hydrogen-bond acceptors (Lipinski definition) is 5. The highest BCUT2D eigenvalue weighted by molar-refractivity contribution is 7.15. The minimum atomic E-state index is 0.167. The van der Waals surface area contributed by atoms with Gasteiger partial charge in [-0.3, -0.25) is 4.79 Å². The second-order valence-electron chi connectivity index (χ2n) is 5.96. The molecule has 0 atom stereocenters. The van der Waals surface area contributed by atoms with Gasteiger partial charge in [0.05, 0.1) is 0 Å². The second kappa shape index (κ2) is 7.66. The van der Waals surface area contributed by atoms with E-state index < -0.39 is 0 Å². The van der Waals surface area contributed by atoms with E-state index in [0.29, 0.717) is 0 Å². The van der Waals surface area contributed by atoms with Crippen LogP contribution in [-0.2, 0) is 17.8 Å². The molecule has 0 aliphatic carbocycles. The highest BCUT2D eigenvalue weighted by atomic mass is 32.1. The fraction of sp³-hybridized carbons (Fsp3) is 0.444. The van der Waals surface area contributed by atoms with Crippen molar-refractivity contribution in [2.45, 2.75) is 26.8 Å². The summed E-state index contributed by atoms with van der Waals surface area (Å²) >= 11 is 1.72. The number of para-hydroxylation sites is 1. The van der Waals surface area contributed by atoms with E-state index in [2.05, 4.69) is 46.4 Å². The van der Waals surface area contributed by atoms with Crippen molar-refractivity contribution in [3.05, 3.63) is 40.9 Å². The Morgan fingerprint density at radius 2 is 2.00 bits per heavy atom. The van der Waals surface area contributed by atoms with Crippen LogP contribution in [0.5, 0.6) is 0 Å². The lowest BCUT2D eigenvalue weighted by Gasteiger charge is -2.36. The van der Waals surface area contributed by atoms with Crippen molar-refractivity contribution in [3.8, 4) is 0 Å². The molecule has 1 aromatic carbocycles. The number of rotatable bonds is 5. The number of hydrogen-bond donors (Lipinski definition) is 1. The van der Waals surface area contributed by atoms with Gasteiger partial charge in [-0.05, 0) is 18.1 Å². The highest BCUT2D eigenvalue weighted by Crippen LogP contribution is 2.24. The van der Waals surface area contributed by atoms with Gasteiger partial charge < -0.3 is 15.1 Å². The van der Waals surface area contributed by atoms with Gasteiger partial charge in [0.15, 0.2) is 5.13 Å². The summed E-state index contributed by atoms with van der Waals surface area (Å²) in [5, 5.41) is 4.41. The molecule has 128 valence electrons. The maximum Gasteiger partial charge on any atom is 0.219 e. The van der Waals surface area contributed by atoms with Crippen LogP contribution in [0, 0.1) is 0 Å². The highest BCUT2D eigenvalue weighted by Gasteiger charge is 2.20. The van der Waals surface area contributed by atoms with E-state index >= 15 is 0 Å². The van der Waals surface area contributed by atoms with Crippen molar-refractivity contribution in [1.82, 2.24) is 9.88 Å². The van der Waals surface area contributed by atoms with Crippen LogP contribution < -0.4 is 10.2 Å². The van der Waals surface area contributed by atoms with Crippen molar-refractivity contribution in [2.75, 3.05) is 36.4 Å². The number of thiazole rings is 1. The molecule has 1 aromatic heterocycles. The van der Waals surface area contributed by atoms with E-state index in [9.17, 15) is 4.79 Å². The molecule has 6 heteroatoms. The average molecular weight is 344 g/mol. The van der Waals surface area contributed by atoms with Crippen molar-refractivity contribution < 1.29 is 4.79 Å². The Morgan fingerprint density at radius 3 is 2.67 bits per heavy atom. The van der Waals surface area contributed by atoms with Gasteiger partial charge >= 0.3 is 0 Å². The standard InChI is InChI=1S/C18H24N4OS/c1-3-16-13-20-18(24-16)19-12-15-6-4-5-7-17(15)22-10-8-21(9-11-22)14(2)23/h4-7,13H,3,8-12H2,1-2H3,(H,19,20). The van der Waals surface area contributed by atoms with Gasteiger partial charge in [0.1, 0.15) is 0 Å². The maximum absolute atomic E-state index is 11.5. The van der Waals surface area contributed by atoms with Crippen LogP contribution in [0.15, 0.2) is 30.5 Å². The maximum atomic E-state index is 11.5. The summed E-state index contributed by atoms with van der Waals surface area (Å²) in [4.78, 5) is 21.5. The summed E-state index contributed by atoms with van der Waals surface area (Å²) in [6.07, 6.45) is 2.97. The Morgan fingerprint density at radius 1 is 1.25 bits per heavy atom. The minimum absolute atomic E-state index is 0.167. The minimum Gasteiger partial charge on any atom is -0.368 e. The number of aryl methyl sites for hydroxylation is 1. The number of carbonyl (C=O) groups excluding carboxylic acids is 1. The van der Waals surface area contributed by atoms with E-state index in [1.54, 1.807) is 18.3 Å². The lowest BCUT2D eigenvalue weighted by molar-refractivity contribution is -0.129. The molecule has 1 saturated heterocycles. The van der Waals surface area contributed by atoms with Crippen molar-refractivity contribution >= 4 is 28.1 Å². The molecule has 0 saturated carbocycles. The third-order valence-corrected chi connectivity index (χ3v) is 5.49. The molecular weight excluding hydrogens is 320 g/mol. The first-order valence-electron chi connectivity index (χ1n) is 8.44. The van der Waals surface area contributed by atoms with Gasteiger partial charge in [-0.15, -0.1) is 11.3 Å². The van der Waals surface area contributed by atoms with Crippen molar-refractivity contribution in [1.29, 1.82) is 0 Å². The normalized spacial score (nSPS) is 14.8. The lowest BCUT2D eigenvalue weighted by atomic mass is 10.1. The van der Waals surface area contributed by atoms with Gasteiger partial charge in [0, 0.05) is 56.4 Å². The molecule has 2 aromatic rings. The molecule has 1 amide bonds. The van der Waals surface area contributed by atoms with Gasteiger partial charge in [-0.25, -0.2) is 4.98 Å². The van der Waals surface area contributed by atoms with Crippen LogP contribution in [-0.4, -0.2) is 42.0 Å². The molecule has 2 heterocycles. The van der Waals surface area contributed by atoms with Gasteiger partial charge in [-0.2, -0.15) is 0 Å². The van der Waals surface area contributed by atoms with Crippen LogP contribution in [0.3, 0.4) is 0 Å². The second-order valence-corrected chi connectivity index (χ2v) is 7.08. The van der Waals surface area contributed by atoms with Gasteiger partial charge in [0.2, 0.25) is 5.91 Å². The molecule has 1 aliphatic rings. The predicted octanol–water partition coefficient (Wildman–Crippen LogP) is 2.99. The van der Waals surface area contributed by atoms with Crippen LogP contribution in [0.1, 0.15) is 24.3 Å². The molecule has 3 rings (SSSR count). The fourth-order valence-electron chi connectivity index (χ4n) is 2.95. The first-order valence-corrected chi connectivity index (χ1v) is 9.26. The SMILES string of the molecule is CCc1cnc(NCc2ccccc2N2CCN(C(C)=O)CC2)s1. The summed E-state index contributed by atoms with van der Waals surface area (Å²) in [5.74, 6) is 0.167. The Balaban J connectivity index is 1.66. The molecule has 24 heavy (non-hydrogen) atoms. The third-order valence-electron chi connectivity index (χ3n) is 4.39. The monoisotopic (exact) mass is 344 g/mol. The largest absolute Gasteiger partial charge is 0.368 e. The number of aromatic nitrogens is 1. The summed E-state index contributed by atoms with van der Waals surface area (Å²) in [6, 6.07) is 8.48. The molecule has 1 aliphatic heterocycles. The molecule has 0 unspecified atom stereocenters. The van der Waals surface area contributed by atoms with Gasteiger partial charge in [0.25, 0.3) is 0 Å². The molecule has 1 fully saturated rings. The number of nitrogens with one attached hydrogen (secondary N) is 1. The first-order chi connectivity index (χ1) is 11.7. The number of amides is 1. The molecule has 1 N–H and O–H groups in total. The summed E-state index contributed by atoms with van der Waals surface area (Å²) in [6.45, 7) is 7.91. The van der Waals surface area contributed by atoms with E-state index in [1.807, 2.05) is 11.1 Å². The van der Waals surface area contributed by atoms with E-state index in [1.165, 1.54) is 16.1 Å². The molecule has 0 spiro atoms. The fourth-order valence-corrected chi connectivity index (χ4v) is 3.70. The molecule has 5 nitrogen and oxygen atoms in total. The number of benzene rings is 1. The average Bonchev–Trinajstić information content (AvgIpc) is 3.08. The summed E-state index contributed by atoms with van der Waals surface area (Å²) in [5.41, 5.74) is 2.52. The quantitative estimate of drug-likeness (QED) is 0.906. The number of anilines is 2. The van der Waals surface area contributed by atoms with E-state index in [4.69, 9.17) is 0 Å². The number of piperazine rings is 1. The van der Waals surface area contributed by atoms with E-state index in [0.717, 1.165) is 44.3 Å². The molecular formula is C18H24N4OS. The zero-order valence-electron chi connectivity index (χ0n) is 14.3. The molecule has 0 radical (unpaired) electrons. The summed E-state index contributed by atoms with van der Waals surface area (Å²) < 4.78 is 0. The van der Waals surface area contributed by atoms with E-state index in [-0.39, 0.29) is 5.91 Å². The Labute approximate surface area is 147 Å². The topological polar surface area (TPSA) is 48.5 Å². The van der Waals surface area contributed by atoms with Crippen molar-refractivity contribution in [3.63, 3.8) is 0 Å². The molecule has 0 bridgehead atoms. The lowest BCUT2D eigenvalue weighted by Crippen LogP contribution is -2.48. The third kappa shape index (κ3) is 3.87. The zero-order valence-corrected chi connectivity index (χ0v) is 15.1. The van der Waals surface area contributed by atoms with Crippen LogP contribution >= 0.6 is 11.3 Å². The van der Waals surface area contributed by atoms with Crippen LogP contribution in [0.2, 0.25) is 0 Å². The number of carbonyl (C=O) groups is 1. The zero-order chi connectivity index (χ0) is 16.9. The Hall–Kier alpha value is -2.08. The smallest absolute Gasteiger partial charge is 0.219 e. The van der Waals surface area contributed by atoms with Gasteiger partial charge in [-0.1, -0.05) is 25.1 Å². The Bertz CT molecular complexity index is 692. The summed E-state index contributed by atoms with van der Waals surface area (Å²) in [7, 11) is 0. The number of nitrogens with zero attached hydrogens (tertiary/aromatic N) is 3. The van der Waals surface area contributed by atoms with Crippen LogP contribution in [0.25, 0.3) is 0 Å². The van der Waals surface area contributed by atoms with Crippen LogP contribution in [0.4, 0.5) is 10.8 Å². The predicted molar refractivity (Wildman–Crippen MR) is 99.7 cm³/mol. The first kappa shape index (κ1) is 16.8. The Kier molecular flexibility index (Phi) is 5.35.